The minimum absolute atomic E-state index is 0.179. The molecular weight excluding hydrogens is 483 g/mol. The molecule has 35 heavy (non-hydrogen) atoms. The lowest BCUT2D eigenvalue weighted by atomic mass is 9.87. The van der Waals surface area contributed by atoms with Gasteiger partial charge in [-0.15, -0.1) is 11.3 Å². The SMILES string of the molecule is CC/C(=C(/c1ccc(/C=C/C2=NOC(=O)C2)cc1)c1ccc2scnc2c1)c1ccc(F)cc1Cl. The van der Waals surface area contributed by atoms with Crippen molar-refractivity contribution in [1.29, 1.82) is 0 Å². The molecule has 0 atom stereocenters. The van der Waals surface area contributed by atoms with Gasteiger partial charge >= 0.3 is 5.97 Å². The van der Waals surface area contributed by atoms with Crippen LogP contribution >= 0.6 is 22.9 Å². The number of oxime groups is 1. The molecule has 0 N–H and O–H groups in total. The molecule has 174 valence electrons. The summed E-state index contributed by atoms with van der Waals surface area (Å²) in [4.78, 5) is 20.3. The van der Waals surface area contributed by atoms with Crippen molar-refractivity contribution < 1.29 is 14.0 Å². The maximum Gasteiger partial charge on any atom is 0.341 e. The van der Waals surface area contributed by atoms with E-state index in [1.165, 1.54) is 12.1 Å². The van der Waals surface area contributed by atoms with Crippen LogP contribution in [0.1, 0.15) is 42.0 Å². The van der Waals surface area contributed by atoms with E-state index >= 15 is 0 Å². The molecule has 0 spiro atoms. The van der Waals surface area contributed by atoms with Gasteiger partial charge in [-0.2, -0.15) is 0 Å². The number of carbonyl (C=O) groups is 1. The Hall–Kier alpha value is -3.61. The topological polar surface area (TPSA) is 51.5 Å². The molecule has 5 rings (SSSR count). The van der Waals surface area contributed by atoms with E-state index in [1.807, 2.05) is 35.9 Å². The van der Waals surface area contributed by atoms with Gasteiger partial charge in [-0.25, -0.2) is 14.2 Å². The van der Waals surface area contributed by atoms with E-state index in [-0.39, 0.29) is 18.2 Å². The molecule has 0 amide bonds. The Morgan fingerprint density at radius 2 is 1.89 bits per heavy atom. The fourth-order valence-electron chi connectivity index (χ4n) is 4.13. The summed E-state index contributed by atoms with van der Waals surface area (Å²) in [5.41, 5.74) is 9.18. The third-order valence-electron chi connectivity index (χ3n) is 5.79. The summed E-state index contributed by atoms with van der Waals surface area (Å²) in [5, 5.41) is 4.13. The van der Waals surface area contributed by atoms with Crippen LogP contribution in [0.5, 0.6) is 0 Å². The molecule has 0 saturated heterocycles. The van der Waals surface area contributed by atoms with Crippen molar-refractivity contribution in [3.63, 3.8) is 0 Å². The summed E-state index contributed by atoms with van der Waals surface area (Å²) in [6, 6.07) is 18.9. The van der Waals surface area contributed by atoms with E-state index in [0.717, 1.165) is 43.6 Å². The van der Waals surface area contributed by atoms with Gasteiger partial charge in [-0.3, -0.25) is 0 Å². The van der Waals surface area contributed by atoms with Gasteiger partial charge in [-0.05, 0) is 70.2 Å². The maximum atomic E-state index is 13.8. The highest BCUT2D eigenvalue weighted by Crippen LogP contribution is 2.38. The molecule has 4 nitrogen and oxygen atoms in total. The zero-order valence-corrected chi connectivity index (χ0v) is 20.4. The van der Waals surface area contributed by atoms with Crippen molar-refractivity contribution in [2.45, 2.75) is 19.8 Å². The first-order valence-corrected chi connectivity index (χ1v) is 12.3. The number of aromatic nitrogens is 1. The van der Waals surface area contributed by atoms with E-state index in [2.05, 4.69) is 40.1 Å². The monoisotopic (exact) mass is 502 g/mol. The molecule has 3 aromatic carbocycles. The van der Waals surface area contributed by atoms with Crippen LogP contribution in [-0.4, -0.2) is 16.7 Å². The highest BCUT2D eigenvalue weighted by atomic mass is 35.5. The van der Waals surface area contributed by atoms with E-state index in [1.54, 1.807) is 23.5 Å². The van der Waals surface area contributed by atoms with Crippen LogP contribution in [0, 0.1) is 5.82 Å². The minimum Gasteiger partial charge on any atom is -0.318 e. The zero-order chi connectivity index (χ0) is 24.4. The van der Waals surface area contributed by atoms with Crippen molar-refractivity contribution in [1.82, 2.24) is 4.98 Å². The van der Waals surface area contributed by atoms with Crippen molar-refractivity contribution in [2.24, 2.45) is 5.16 Å². The Morgan fingerprint density at radius 1 is 1.09 bits per heavy atom. The molecule has 1 aromatic heterocycles. The number of fused-ring (bicyclic) bond motifs is 1. The lowest BCUT2D eigenvalue weighted by molar-refractivity contribution is -0.140. The number of hydrogen-bond acceptors (Lipinski definition) is 5. The van der Waals surface area contributed by atoms with E-state index in [0.29, 0.717) is 17.2 Å². The molecular formula is C28H20ClFN2O2S. The predicted octanol–water partition coefficient (Wildman–Crippen LogP) is 7.77. The smallest absolute Gasteiger partial charge is 0.318 e. The van der Waals surface area contributed by atoms with Crippen LogP contribution in [-0.2, 0) is 9.63 Å². The standard InChI is InChI=1S/C28H20ClFN2O2S/c1-2-22(23-11-9-20(30)14-24(23)29)28(19-8-12-26-25(13-19)31-16-35-26)18-6-3-17(4-7-18)5-10-21-15-27(33)34-32-21/h3-14,16H,2,15H2,1H3/b10-5+,28-22+. The highest BCUT2D eigenvalue weighted by Gasteiger charge is 2.17. The van der Waals surface area contributed by atoms with Gasteiger partial charge in [0, 0.05) is 0 Å². The molecule has 4 aromatic rings. The first-order chi connectivity index (χ1) is 17.0. The van der Waals surface area contributed by atoms with Gasteiger partial charge in [-0.1, -0.05) is 66.2 Å². The number of rotatable bonds is 6. The fourth-order valence-corrected chi connectivity index (χ4v) is 5.07. The van der Waals surface area contributed by atoms with Crippen LogP contribution in [0.25, 0.3) is 27.4 Å². The molecule has 0 radical (unpaired) electrons. The number of nitrogens with zero attached hydrogens (tertiary/aromatic N) is 2. The summed E-state index contributed by atoms with van der Waals surface area (Å²) in [7, 11) is 0. The Bertz CT molecular complexity index is 1520. The molecule has 1 aliphatic heterocycles. The zero-order valence-electron chi connectivity index (χ0n) is 18.8. The van der Waals surface area contributed by atoms with Crippen molar-refractivity contribution >= 4 is 62.1 Å². The van der Waals surface area contributed by atoms with E-state index in [9.17, 15) is 9.18 Å². The maximum absolute atomic E-state index is 13.8. The summed E-state index contributed by atoms with van der Waals surface area (Å²) in [6.07, 6.45) is 4.56. The fraction of sp³-hybridized carbons (Fsp3) is 0.107. The first-order valence-electron chi connectivity index (χ1n) is 11.1. The quantitative estimate of drug-likeness (QED) is 0.200. The number of hydrogen-bond donors (Lipinski definition) is 0. The van der Waals surface area contributed by atoms with Gasteiger partial charge in [0.05, 0.1) is 32.9 Å². The average Bonchev–Trinajstić information content (AvgIpc) is 3.50. The summed E-state index contributed by atoms with van der Waals surface area (Å²) >= 11 is 8.10. The van der Waals surface area contributed by atoms with Crippen LogP contribution in [0.15, 0.2) is 77.4 Å². The summed E-state index contributed by atoms with van der Waals surface area (Å²) < 4.78 is 14.9. The van der Waals surface area contributed by atoms with Crippen molar-refractivity contribution in [2.75, 3.05) is 0 Å². The normalized spacial score (nSPS) is 14.4. The van der Waals surface area contributed by atoms with E-state index in [4.69, 9.17) is 11.6 Å². The van der Waals surface area contributed by atoms with Crippen LogP contribution in [0.4, 0.5) is 4.39 Å². The number of benzene rings is 3. The molecule has 0 aliphatic carbocycles. The van der Waals surface area contributed by atoms with Gasteiger partial charge in [0.1, 0.15) is 5.82 Å². The van der Waals surface area contributed by atoms with Crippen molar-refractivity contribution in [3.8, 4) is 0 Å². The van der Waals surface area contributed by atoms with Gasteiger partial charge in [0.25, 0.3) is 0 Å². The van der Waals surface area contributed by atoms with E-state index < -0.39 is 0 Å². The second-order valence-corrected chi connectivity index (χ2v) is 9.34. The second-order valence-electron chi connectivity index (χ2n) is 8.04. The lowest BCUT2D eigenvalue weighted by Gasteiger charge is -2.17. The third kappa shape index (κ3) is 4.94. The number of halogens is 2. The van der Waals surface area contributed by atoms with Gasteiger partial charge in [0.2, 0.25) is 0 Å². The summed E-state index contributed by atoms with van der Waals surface area (Å²) in [6.45, 7) is 2.07. The molecule has 0 bridgehead atoms. The lowest BCUT2D eigenvalue weighted by Crippen LogP contribution is -1.97. The first kappa shape index (κ1) is 23.1. The average molecular weight is 503 g/mol. The number of allylic oxidation sites excluding steroid dienone is 2. The predicted molar refractivity (Wildman–Crippen MR) is 141 cm³/mol. The van der Waals surface area contributed by atoms with Crippen LogP contribution in [0.3, 0.4) is 0 Å². The Kier molecular flexibility index (Phi) is 6.57. The van der Waals surface area contributed by atoms with Gasteiger partial charge < -0.3 is 4.84 Å². The molecule has 1 aliphatic rings. The molecule has 7 heteroatoms. The molecule has 2 heterocycles. The third-order valence-corrected chi connectivity index (χ3v) is 6.91. The Balaban J connectivity index is 1.61. The number of carbonyl (C=O) groups excluding carboxylic acids is 1. The molecule has 0 saturated carbocycles. The Labute approximate surface area is 211 Å². The van der Waals surface area contributed by atoms with Crippen molar-refractivity contribution in [3.05, 3.63) is 105 Å². The summed E-state index contributed by atoms with van der Waals surface area (Å²) in [5.74, 6) is -0.715. The Morgan fingerprint density at radius 3 is 2.60 bits per heavy atom. The largest absolute Gasteiger partial charge is 0.341 e. The second kappa shape index (κ2) is 9.94. The molecule has 0 fully saturated rings. The minimum atomic E-state index is -0.366. The van der Waals surface area contributed by atoms with Gasteiger partial charge in [0.15, 0.2) is 0 Å². The van der Waals surface area contributed by atoms with Crippen LogP contribution in [0.2, 0.25) is 5.02 Å². The number of thiazole rings is 1. The van der Waals surface area contributed by atoms with Crippen LogP contribution < -0.4 is 0 Å². The molecule has 0 unspecified atom stereocenters. The highest BCUT2D eigenvalue weighted by molar-refractivity contribution is 7.16.